The molecule has 1 N–H and O–H groups in total. The summed E-state index contributed by atoms with van der Waals surface area (Å²) >= 11 is 0. The molecule has 0 aromatic rings. The molecule has 0 bridgehead atoms. The molecular formula is C19H38N2O4S. The van der Waals surface area contributed by atoms with Crippen LogP contribution in [0.4, 0.5) is 4.79 Å². The Balaban J connectivity index is 1.90. The van der Waals surface area contributed by atoms with Gasteiger partial charge in [-0.1, -0.05) is 77.6 Å². The van der Waals surface area contributed by atoms with Crippen molar-refractivity contribution in [2.75, 3.05) is 19.6 Å². The Labute approximate surface area is 160 Å². The van der Waals surface area contributed by atoms with Gasteiger partial charge in [-0.05, 0) is 19.3 Å². The second-order valence-electron chi connectivity index (χ2n) is 7.28. The molecule has 1 aliphatic heterocycles. The third-order valence-electron chi connectivity index (χ3n) is 4.85. The van der Waals surface area contributed by atoms with E-state index in [0.29, 0.717) is 19.6 Å². The highest BCUT2D eigenvalue weighted by Gasteiger charge is 2.24. The number of amides is 1. The number of nitrogens with one attached hydrogen (secondary N) is 1. The lowest BCUT2D eigenvalue weighted by atomic mass is 10.1. The molecule has 1 rings (SSSR count). The van der Waals surface area contributed by atoms with Crippen LogP contribution in [0.2, 0.25) is 0 Å². The van der Waals surface area contributed by atoms with Crippen LogP contribution in [-0.4, -0.2) is 39.0 Å². The van der Waals surface area contributed by atoms with Crippen molar-refractivity contribution in [2.24, 2.45) is 0 Å². The van der Waals surface area contributed by atoms with Gasteiger partial charge in [0.05, 0.1) is 0 Å². The number of nitrogens with zero attached hydrogens (tertiary/aromatic N) is 1. The van der Waals surface area contributed by atoms with Gasteiger partial charge in [0.1, 0.15) is 0 Å². The molecule has 0 unspecified atom stereocenters. The van der Waals surface area contributed by atoms with E-state index in [1.54, 1.807) is 0 Å². The Bertz CT molecular complexity index is 462. The van der Waals surface area contributed by atoms with Crippen LogP contribution in [0, 0.1) is 0 Å². The predicted octanol–water partition coefficient (Wildman–Crippen LogP) is 4.75. The van der Waals surface area contributed by atoms with Gasteiger partial charge in [0.25, 0.3) is 0 Å². The van der Waals surface area contributed by atoms with Crippen LogP contribution in [0.5, 0.6) is 0 Å². The topological polar surface area (TPSA) is 75.7 Å². The quantitative estimate of drug-likeness (QED) is 0.409. The van der Waals surface area contributed by atoms with Crippen LogP contribution in [0.15, 0.2) is 0 Å². The SMILES string of the molecule is CCCCCCCCCCCCCCNS(=O)(=O)OC(=O)N1CCCC1. The van der Waals surface area contributed by atoms with E-state index in [9.17, 15) is 13.2 Å². The molecule has 0 atom stereocenters. The Hall–Kier alpha value is -0.820. The highest BCUT2D eigenvalue weighted by Crippen LogP contribution is 2.12. The predicted molar refractivity (Wildman–Crippen MR) is 105 cm³/mol. The fraction of sp³-hybridized carbons (Fsp3) is 0.947. The first kappa shape index (κ1) is 23.2. The number of carbonyl (C=O) groups excluding carboxylic acids is 1. The van der Waals surface area contributed by atoms with Gasteiger partial charge in [0.2, 0.25) is 0 Å². The highest BCUT2D eigenvalue weighted by atomic mass is 32.2. The van der Waals surface area contributed by atoms with E-state index >= 15 is 0 Å². The standard InChI is InChI=1S/C19H38N2O4S/c1-2-3-4-5-6-7-8-9-10-11-12-13-16-20-26(23,24)25-19(22)21-17-14-15-18-21/h20H,2-18H2,1H3. The van der Waals surface area contributed by atoms with Crippen LogP contribution in [0.3, 0.4) is 0 Å². The first-order chi connectivity index (χ1) is 12.5. The second-order valence-corrected chi connectivity index (χ2v) is 8.64. The Morgan fingerprint density at radius 1 is 0.846 bits per heavy atom. The summed E-state index contributed by atoms with van der Waals surface area (Å²) in [5.74, 6) is 0. The van der Waals surface area contributed by atoms with E-state index in [0.717, 1.165) is 32.1 Å². The van der Waals surface area contributed by atoms with Gasteiger partial charge in [0, 0.05) is 19.6 Å². The van der Waals surface area contributed by atoms with E-state index in [2.05, 4.69) is 15.8 Å². The zero-order valence-corrected chi connectivity index (χ0v) is 17.3. The number of unbranched alkanes of at least 4 members (excludes halogenated alkanes) is 11. The van der Waals surface area contributed by atoms with Crippen molar-refractivity contribution < 1.29 is 17.4 Å². The van der Waals surface area contributed by atoms with Gasteiger partial charge < -0.3 is 9.08 Å². The first-order valence-corrected chi connectivity index (χ1v) is 11.9. The molecule has 0 aromatic carbocycles. The minimum Gasteiger partial charge on any atom is -0.316 e. The van der Waals surface area contributed by atoms with Crippen LogP contribution in [0.1, 0.15) is 96.8 Å². The van der Waals surface area contributed by atoms with Crippen molar-refractivity contribution in [3.63, 3.8) is 0 Å². The molecule has 0 spiro atoms. The molecule has 0 saturated carbocycles. The third kappa shape index (κ3) is 11.7. The molecule has 1 amide bonds. The largest absolute Gasteiger partial charge is 0.426 e. The average Bonchev–Trinajstić information content (AvgIpc) is 3.13. The Morgan fingerprint density at radius 3 is 1.81 bits per heavy atom. The zero-order chi connectivity index (χ0) is 19.1. The van der Waals surface area contributed by atoms with Crippen molar-refractivity contribution >= 4 is 16.4 Å². The summed E-state index contributed by atoms with van der Waals surface area (Å²) in [6, 6.07) is 0. The summed E-state index contributed by atoms with van der Waals surface area (Å²) < 4.78 is 30.4. The Morgan fingerprint density at radius 2 is 1.31 bits per heavy atom. The van der Waals surface area contributed by atoms with Gasteiger partial charge in [-0.2, -0.15) is 13.1 Å². The highest BCUT2D eigenvalue weighted by molar-refractivity contribution is 7.85. The van der Waals surface area contributed by atoms with E-state index in [1.165, 1.54) is 62.7 Å². The fourth-order valence-corrected chi connectivity index (χ4v) is 3.99. The minimum atomic E-state index is -3.97. The normalized spacial score (nSPS) is 14.7. The van der Waals surface area contributed by atoms with Crippen molar-refractivity contribution in [3.8, 4) is 0 Å². The molecule has 1 heterocycles. The average molecular weight is 391 g/mol. The summed E-state index contributed by atoms with van der Waals surface area (Å²) in [6.45, 7) is 3.72. The number of likely N-dealkylation sites (tertiary alicyclic amines) is 1. The maximum atomic E-state index is 11.7. The number of rotatable bonds is 15. The summed E-state index contributed by atoms with van der Waals surface area (Å²) in [5, 5.41) is 0. The van der Waals surface area contributed by atoms with Gasteiger partial charge in [-0.25, -0.2) is 4.79 Å². The van der Waals surface area contributed by atoms with Crippen molar-refractivity contribution in [1.29, 1.82) is 0 Å². The van der Waals surface area contributed by atoms with E-state index in [4.69, 9.17) is 0 Å². The fourth-order valence-electron chi connectivity index (χ4n) is 3.24. The molecule has 7 heteroatoms. The lowest BCUT2D eigenvalue weighted by Crippen LogP contribution is -2.35. The number of carbonyl (C=O) groups is 1. The van der Waals surface area contributed by atoms with Crippen LogP contribution < -0.4 is 4.72 Å². The maximum Gasteiger partial charge on any atom is 0.426 e. The number of hydrogen-bond acceptors (Lipinski definition) is 4. The minimum absolute atomic E-state index is 0.326. The lowest BCUT2D eigenvalue weighted by Gasteiger charge is -2.14. The molecule has 6 nitrogen and oxygen atoms in total. The molecule has 0 radical (unpaired) electrons. The summed E-state index contributed by atoms with van der Waals surface area (Å²) in [5.41, 5.74) is 0. The maximum absolute atomic E-state index is 11.7. The van der Waals surface area contributed by atoms with E-state index in [-0.39, 0.29) is 0 Å². The van der Waals surface area contributed by atoms with Crippen molar-refractivity contribution in [2.45, 2.75) is 96.8 Å². The second kappa shape index (κ2) is 14.3. The molecule has 1 aliphatic rings. The third-order valence-corrected chi connectivity index (χ3v) is 5.77. The molecule has 26 heavy (non-hydrogen) atoms. The van der Waals surface area contributed by atoms with Gasteiger partial charge in [-0.3, -0.25) is 0 Å². The Kier molecular flexibility index (Phi) is 12.7. The van der Waals surface area contributed by atoms with Crippen molar-refractivity contribution in [3.05, 3.63) is 0 Å². The molecular weight excluding hydrogens is 352 g/mol. The molecule has 1 saturated heterocycles. The smallest absolute Gasteiger partial charge is 0.316 e. The van der Waals surface area contributed by atoms with E-state index in [1.807, 2.05) is 0 Å². The van der Waals surface area contributed by atoms with Crippen LogP contribution in [0.25, 0.3) is 0 Å². The summed E-state index contributed by atoms with van der Waals surface area (Å²) in [6.07, 6.45) is 15.9. The summed E-state index contributed by atoms with van der Waals surface area (Å²) in [7, 11) is -3.97. The number of hydrogen-bond donors (Lipinski definition) is 1. The van der Waals surface area contributed by atoms with Crippen LogP contribution in [-0.2, 0) is 14.5 Å². The molecule has 0 aromatic heterocycles. The molecule has 0 aliphatic carbocycles. The zero-order valence-electron chi connectivity index (χ0n) is 16.5. The van der Waals surface area contributed by atoms with Gasteiger partial charge in [0.15, 0.2) is 0 Å². The van der Waals surface area contributed by atoms with Crippen molar-refractivity contribution in [1.82, 2.24) is 9.62 Å². The molecule has 154 valence electrons. The summed E-state index contributed by atoms with van der Waals surface area (Å²) in [4.78, 5) is 13.1. The van der Waals surface area contributed by atoms with Gasteiger partial charge >= 0.3 is 16.4 Å². The molecule has 1 fully saturated rings. The lowest BCUT2D eigenvalue weighted by molar-refractivity contribution is 0.164. The van der Waals surface area contributed by atoms with Gasteiger partial charge in [-0.15, -0.1) is 0 Å². The monoisotopic (exact) mass is 390 g/mol. The van der Waals surface area contributed by atoms with Crippen LogP contribution >= 0.6 is 0 Å². The first-order valence-electron chi connectivity index (χ1n) is 10.5. The van der Waals surface area contributed by atoms with E-state index < -0.39 is 16.4 Å².